The number of carbonyl (C=O) groups excluding carboxylic acids is 1. The lowest BCUT2D eigenvalue weighted by Crippen LogP contribution is -2.49. The summed E-state index contributed by atoms with van der Waals surface area (Å²) in [4.78, 5) is 30.2. The Kier molecular flexibility index (Phi) is 9.77. The first-order valence-corrected chi connectivity index (χ1v) is 17.9. The predicted molar refractivity (Wildman–Crippen MR) is 179 cm³/mol. The van der Waals surface area contributed by atoms with Crippen molar-refractivity contribution in [3.63, 3.8) is 0 Å². The van der Waals surface area contributed by atoms with Crippen LogP contribution in [0.2, 0.25) is 0 Å². The number of piperidine rings is 1. The van der Waals surface area contributed by atoms with Gasteiger partial charge < -0.3 is 29.9 Å². The summed E-state index contributed by atoms with van der Waals surface area (Å²) in [5, 5.41) is 8.21. The first kappa shape index (κ1) is 32.9. The summed E-state index contributed by atoms with van der Waals surface area (Å²) in [5.41, 5.74) is 1.96. The number of fused-ring (bicyclic) bond motifs is 1. The number of hydrogen-bond acceptors (Lipinski definition) is 11. The van der Waals surface area contributed by atoms with E-state index in [0.717, 1.165) is 22.0 Å². The number of pyridine rings is 1. The van der Waals surface area contributed by atoms with Crippen LogP contribution < -0.4 is 20.4 Å². The molecule has 0 unspecified atom stereocenters. The standard InChI is InChI=1S/C33H40FN7O5S/c1-4-5-32(42)37-27-10-13-46-19-25(27)22-6-7-28(41-16-21(17-41)20-47(3,43)44)24-15-36-31(14-23(22)24)38-30-8-11-35-33(39-30)40-12-9-29(45-2)26(34)18-40/h6-8,11,14-15,21,25-27,29H,9-10,12-13,16-20H2,1-3H3,(H,37,42)(H,35,36,38,39)/t25-,26-,27+,29+/m0/s1. The van der Waals surface area contributed by atoms with Crippen molar-refractivity contribution in [2.75, 3.05) is 73.6 Å². The summed E-state index contributed by atoms with van der Waals surface area (Å²) < 4.78 is 49.5. The topological polar surface area (TPSA) is 139 Å². The van der Waals surface area contributed by atoms with Gasteiger partial charge in [-0.05, 0) is 54.8 Å². The first-order chi connectivity index (χ1) is 22.6. The van der Waals surface area contributed by atoms with Crippen molar-refractivity contribution >= 4 is 49.8 Å². The van der Waals surface area contributed by atoms with Gasteiger partial charge in [0.1, 0.15) is 27.6 Å². The smallest absolute Gasteiger partial charge is 0.296 e. The summed E-state index contributed by atoms with van der Waals surface area (Å²) in [6.45, 7) is 4.58. The number of ether oxygens (including phenoxy) is 2. The third kappa shape index (κ3) is 7.58. The van der Waals surface area contributed by atoms with Gasteiger partial charge in [0.05, 0.1) is 25.0 Å². The van der Waals surface area contributed by atoms with Crippen LogP contribution in [0.1, 0.15) is 31.2 Å². The number of halogens is 1. The Balaban J connectivity index is 1.32. The average Bonchev–Trinajstić information content (AvgIpc) is 3.02. The van der Waals surface area contributed by atoms with Crippen LogP contribution in [-0.4, -0.2) is 106 Å². The molecule has 3 aliphatic heterocycles. The van der Waals surface area contributed by atoms with Crippen molar-refractivity contribution in [1.29, 1.82) is 0 Å². The van der Waals surface area contributed by atoms with Crippen LogP contribution >= 0.6 is 0 Å². The number of rotatable bonds is 9. The van der Waals surface area contributed by atoms with Crippen LogP contribution in [0.3, 0.4) is 0 Å². The zero-order valence-corrected chi connectivity index (χ0v) is 27.6. The molecule has 250 valence electrons. The van der Waals surface area contributed by atoms with E-state index in [-0.39, 0.29) is 36.1 Å². The van der Waals surface area contributed by atoms with Crippen molar-refractivity contribution in [2.45, 2.75) is 44.0 Å². The highest BCUT2D eigenvalue weighted by molar-refractivity contribution is 7.90. The molecule has 0 spiro atoms. The Morgan fingerprint density at radius 1 is 1.13 bits per heavy atom. The number of nitrogens with zero attached hydrogens (tertiary/aromatic N) is 5. The molecule has 3 fully saturated rings. The Bertz CT molecular complexity index is 1790. The fraction of sp³-hybridized carbons (Fsp3) is 0.515. The van der Waals surface area contributed by atoms with Gasteiger partial charge in [-0.25, -0.2) is 22.8 Å². The number of aromatic nitrogens is 3. The third-order valence-corrected chi connectivity index (χ3v) is 10.1. The Hall–Kier alpha value is -4.06. The maximum atomic E-state index is 14.6. The van der Waals surface area contributed by atoms with Gasteiger partial charge in [0.25, 0.3) is 5.91 Å². The van der Waals surface area contributed by atoms with E-state index in [9.17, 15) is 17.6 Å². The maximum absolute atomic E-state index is 14.6. The highest BCUT2D eigenvalue weighted by Crippen LogP contribution is 2.39. The lowest BCUT2D eigenvalue weighted by molar-refractivity contribution is -0.117. The van der Waals surface area contributed by atoms with Gasteiger partial charge in [0, 0.05) is 81.0 Å². The molecule has 4 atom stereocenters. The summed E-state index contributed by atoms with van der Waals surface area (Å²) in [5.74, 6) is 6.50. The van der Waals surface area contributed by atoms with E-state index in [1.807, 2.05) is 23.2 Å². The van der Waals surface area contributed by atoms with Crippen molar-refractivity contribution in [3.8, 4) is 11.8 Å². The van der Waals surface area contributed by atoms with E-state index in [4.69, 9.17) is 14.5 Å². The SMILES string of the molecule is CC#CC(=O)N[C@@H]1CCOC[C@H]1c1ccc(N2CC(CS(C)(=O)=O)C2)c2cnc(Nc3ccnc(N4CC[C@@H](OC)[C@@H](F)C4)n3)cc12. The van der Waals surface area contributed by atoms with E-state index in [0.29, 0.717) is 63.3 Å². The van der Waals surface area contributed by atoms with Crippen LogP contribution in [0.25, 0.3) is 10.8 Å². The lowest BCUT2D eigenvalue weighted by Gasteiger charge is -2.41. The molecule has 2 aromatic heterocycles. The molecule has 2 N–H and O–H groups in total. The molecule has 1 aromatic carbocycles. The minimum atomic E-state index is -3.07. The zero-order chi connectivity index (χ0) is 33.1. The molecule has 0 aliphatic carbocycles. The zero-order valence-electron chi connectivity index (χ0n) is 26.8. The first-order valence-electron chi connectivity index (χ1n) is 15.8. The van der Waals surface area contributed by atoms with Crippen LogP contribution in [0.4, 0.5) is 27.7 Å². The largest absolute Gasteiger partial charge is 0.381 e. The van der Waals surface area contributed by atoms with Gasteiger partial charge in [-0.3, -0.25) is 4.79 Å². The monoisotopic (exact) mass is 665 g/mol. The summed E-state index contributed by atoms with van der Waals surface area (Å²) in [6, 6.07) is 7.63. The van der Waals surface area contributed by atoms with Crippen LogP contribution in [0, 0.1) is 17.8 Å². The van der Waals surface area contributed by atoms with Crippen molar-refractivity contribution < 1.29 is 27.1 Å². The summed E-state index contributed by atoms with van der Waals surface area (Å²) >= 11 is 0. The molecule has 1 amide bonds. The minimum absolute atomic E-state index is 0.0690. The quantitative estimate of drug-likeness (QED) is 0.327. The third-order valence-electron chi connectivity index (χ3n) is 9.03. The van der Waals surface area contributed by atoms with Gasteiger partial charge in [0.15, 0.2) is 0 Å². The number of alkyl halides is 1. The van der Waals surface area contributed by atoms with Crippen molar-refractivity contribution in [3.05, 3.63) is 42.2 Å². The Morgan fingerprint density at radius 3 is 2.70 bits per heavy atom. The minimum Gasteiger partial charge on any atom is -0.381 e. The molecule has 3 aliphatic rings. The number of hydrogen-bond donors (Lipinski definition) is 2. The Morgan fingerprint density at radius 2 is 1.96 bits per heavy atom. The fourth-order valence-corrected chi connectivity index (χ4v) is 7.85. The van der Waals surface area contributed by atoms with Gasteiger partial charge in [-0.1, -0.05) is 12.0 Å². The predicted octanol–water partition coefficient (Wildman–Crippen LogP) is 2.82. The Labute approximate surface area is 274 Å². The number of sulfone groups is 1. The molecule has 47 heavy (non-hydrogen) atoms. The molecule has 12 nitrogen and oxygen atoms in total. The maximum Gasteiger partial charge on any atom is 0.296 e. The second kappa shape index (κ2) is 14.0. The van der Waals surface area contributed by atoms with Crippen molar-refractivity contribution in [2.24, 2.45) is 5.92 Å². The van der Waals surface area contributed by atoms with Gasteiger partial charge in [0.2, 0.25) is 5.95 Å². The summed E-state index contributed by atoms with van der Waals surface area (Å²) in [6.07, 6.45) is 4.33. The van der Waals surface area contributed by atoms with Crippen LogP contribution in [-0.2, 0) is 24.1 Å². The second-order valence-electron chi connectivity index (χ2n) is 12.5. The molecular weight excluding hydrogens is 625 g/mol. The molecule has 3 aromatic rings. The summed E-state index contributed by atoms with van der Waals surface area (Å²) in [7, 11) is -1.54. The van der Waals surface area contributed by atoms with E-state index < -0.39 is 22.1 Å². The normalized spacial score (nSPS) is 23.5. The van der Waals surface area contributed by atoms with E-state index >= 15 is 0 Å². The number of methoxy groups -OCH3 is 1. The molecule has 3 saturated heterocycles. The number of carbonyl (C=O) groups is 1. The fourth-order valence-electron chi connectivity index (χ4n) is 6.78. The van der Waals surface area contributed by atoms with Crippen LogP contribution in [0.5, 0.6) is 0 Å². The van der Waals surface area contributed by atoms with Gasteiger partial charge in [-0.15, -0.1) is 0 Å². The molecule has 0 bridgehead atoms. The number of amides is 1. The molecular formula is C33H40FN7O5S. The second-order valence-corrected chi connectivity index (χ2v) is 14.7. The molecule has 0 radical (unpaired) electrons. The number of benzene rings is 1. The lowest BCUT2D eigenvalue weighted by atomic mass is 9.85. The average molecular weight is 666 g/mol. The van der Waals surface area contributed by atoms with Gasteiger partial charge in [-0.2, -0.15) is 4.98 Å². The van der Waals surface area contributed by atoms with E-state index in [1.54, 1.807) is 19.2 Å². The molecule has 6 rings (SSSR count). The van der Waals surface area contributed by atoms with E-state index in [1.165, 1.54) is 13.4 Å². The highest BCUT2D eigenvalue weighted by Gasteiger charge is 2.34. The van der Waals surface area contributed by atoms with Gasteiger partial charge >= 0.3 is 0 Å². The molecule has 5 heterocycles. The number of nitrogens with one attached hydrogen (secondary N) is 2. The van der Waals surface area contributed by atoms with Crippen molar-refractivity contribution in [1.82, 2.24) is 20.3 Å². The van der Waals surface area contributed by atoms with Crippen LogP contribution in [0.15, 0.2) is 36.7 Å². The number of anilines is 4. The molecule has 0 saturated carbocycles. The molecule has 14 heteroatoms. The highest BCUT2D eigenvalue weighted by atomic mass is 32.2. The van der Waals surface area contributed by atoms with E-state index in [2.05, 4.69) is 43.4 Å².